The number of methoxy groups -OCH3 is 1. The second-order valence-corrected chi connectivity index (χ2v) is 5.96. The van der Waals surface area contributed by atoms with E-state index in [1.54, 1.807) is 19.2 Å². The van der Waals surface area contributed by atoms with E-state index in [4.69, 9.17) is 14.5 Å². The first kappa shape index (κ1) is 18.7. The van der Waals surface area contributed by atoms with E-state index in [0.717, 1.165) is 6.42 Å². The molecule has 0 spiro atoms. The van der Waals surface area contributed by atoms with E-state index in [1.807, 2.05) is 26.0 Å². The summed E-state index contributed by atoms with van der Waals surface area (Å²) in [5.41, 5.74) is 1.38. The van der Waals surface area contributed by atoms with E-state index in [1.165, 1.54) is 31.4 Å². The van der Waals surface area contributed by atoms with Gasteiger partial charge >= 0.3 is 5.97 Å². The van der Waals surface area contributed by atoms with E-state index in [-0.39, 0.29) is 5.60 Å². The highest BCUT2D eigenvalue weighted by atomic mass is 17.2. The molecule has 0 unspecified atom stereocenters. The Bertz CT molecular complexity index is 437. The van der Waals surface area contributed by atoms with E-state index >= 15 is 0 Å². The normalized spacial score (nSPS) is 11.5. The van der Waals surface area contributed by atoms with Gasteiger partial charge in [-0.2, -0.15) is 4.89 Å². The third kappa shape index (κ3) is 7.05. The molecule has 0 aromatic heterocycles. The first-order valence-corrected chi connectivity index (χ1v) is 7.82. The molecule has 1 aromatic rings. The van der Waals surface area contributed by atoms with Gasteiger partial charge in [0, 0.05) is 13.5 Å². The lowest BCUT2D eigenvalue weighted by atomic mass is 10.1. The van der Waals surface area contributed by atoms with Crippen LogP contribution in [-0.4, -0.2) is 18.7 Å². The lowest BCUT2D eigenvalue weighted by Gasteiger charge is -2.21. The largest absolute Gasteiger partial charge is 0.379 e. The molecule has 0 bridgehead atoms. The summed E-state index contributed by atoms with van der Waals surface area (Å²) in [6.07, 6.45) is 5.17. The fourth-order valence-corrected chi connectivity index (χ4v) is 1.83. The van der Waals surface area contributed by atoms with Gasteiger partial charge in [-0.05, 0) is 44.4 Å². The molecule has 0 fully saturated rings. The Morgan fingerprint density at radius 3 is 2.45 bits per heavy atom. The summed E-state index contributed by atoms with van der Waals surface area (Å²) in [5.74, 6) is -0.494. The maximum atomic E-state index is 11.8. The molecule has 22 heavy (non-hydrogen) atoms. The van der Waals surface area contributed by atoms with Gasteiger partial charge in [0.25, 0.3) is 0 Å². The lowest BCUT2D eigenvalue weighted by Crippen LogP contribution is -2.22. The summed E-state index contributed by atoms with van der Waals surface area (Å²) < 4.78 is 5.23. The van der Waals surface area contributed by atoms with Crippen molar-refractivity contribution in [3.05, 3.63) is 42.0 Å². The van der Waals surface area contributed by atoms with Crippen LogP contribution < -0.4 is 0 Å². The van der Waals surface area contributed by atoms with E-state index in [2.05, 4.69) is 6.92 Å². The molecule has 0 saturated heterocycles. The van der Waals surface area contributed by atoms with Crippen molar-refractivity contribution in [2.24, 2.45) is 0 Å². The molecule has 0 amide bonds. The summed E-state index contributed by atoms with van der Waals surface area (Å²) in [6.45, 7) is 7.46. The van der Waals surface area contributed by atoms with Crippen molar-refractivity contribution in [3.8, 4) is 0 Å². The van der Waals surface area contributed by atoms with Crippen molar-refractivity contribution in [1.29, 1.82) is 0 Å². The van der Waals surface area contributed by atoms with E-state index < -0.39 is 5.97 Å². The highest BCUT2D eigenvalue weighted by Crippen LogP contribution is 2.15. The van der Waals surface area contributed by atoms with Gasteiger partial charge in [-0.3, -0.25) is 4.89 Å². The van der Waals surface area contributed by atoms with Crippen molar-refractivity contribution in [1.82, 2.24) is 0 Å². The van der Waals surface area contributed by atoms with Gasteiger partial charge in [-0.25, -0.2) is 4.79 Å². The zero-order valence-electron chi connectivity index (χ0n) is 14.1. The molecule has 0 saturated carbocycles. The summed E-state index contributed by atoms with van der Waals surface area (Å²) in [6, 6.07) is 7.46. The summed E-state index contributed by atoms with van der Waals surface area (Å²) in [7, 11) is 1.63. The molecule has 0 heterocycles. The molecular weight excluding hydrogens is 280 g/mol. The van der Waals surface area contributed by atoms with Crippen LogP contribution in [0, 0.1) is 6.61 Å². The molecule has 1 rings (SSSR count). The van der Waals surface area contributed by atoms with Crippen molar-refractivity contribution in [2.75, 3.05) is 7.11 Å². The van der Waals surface area contributed by atoms with E-state index in [9.17, 15) is 4.79 Å². The molecular formula is C18H27O4. The minimum Gasteiger partial charge on any atom is -0.379 e. The van der Waals surface area contributed by atoms with Crippen molar-refractivity contribution >= 4 is 5.97 Å². The fourth-order valence-electron chi connectivity index (χ4n) is 1.83. The maximum absolute atomic E-state index is 11.8. The molecule has 4 nitrogen and oxygen atoms in total. The first-order valence-electron chi connectivity index (χ1n) is 7.82. The quantitative estimate of drug-likeness (QED) is 0.363. The van der Waals surface area contributed by atoms with Crippen LogP contribution in [-0.2, 0) is 20.9 Å². The second kappa shape index (κ2) is 9.59. The van der Waals surface area contributed by atoms with Gasteiger partial charge in [0.2, 0.25) is 0 Å². The van der Waals surface area contributed by atoms with E-state index in [0.29, 0.717) is 12.0 Å². The smallest absolute Gasteiger partial charge is 0.373 e. The predicted octanol–water partition coefficient (Wildman–Crippen LogP) is 4.48. The third-order valence-electron chi connectivity index (χ3n) is 3.58. The summed E-state index contributed by atoms with van der Waals surface area (Å²) >= 11 is 0. The van der Waals surface area contributed by atoms with Crippen LogP contribution in [0.1, 0.15) is 62.4 Å². The number of benzene rings is 1. The Morgan fingerprint density at radius 2 is 1.86 bits per heavy atom. The summed E-state index contributed by atoms with van der Waals surface area (Å²) in [4.78, 5) is 21.4. The van der Waals surface area contributed by atoms with Gasteiger partial charge in [-0.1, -0.05) is 31.9 Å². The molecule has 0 aliphatic carbocycles. The number of ether oxygens (including phenoxy) is 1. The molecule has 0 atom stereocenters. The van der Waals surface area contributed by atoms with Crippen LogP contribution in [0.5, 0.6) is 0 Å². The maximum Gasteiger partial charge on any atom is 0.373 e. The Balaban J connectivity index is 2.33. The monoisotopic (exact) mass is 307 g/mol. The highest BCUT2D eigenvalue weighted by Gasteiger charge is 2.17. The Hall–Kier alpha value is -1.39. The van der Waals surface area contributed by atoms with Crippen LogP contribution in [0.25, 0.3) is 0 Å². The highest BCUT2D eigenvalue weighted by molar-refractivity contribution is 5.88. The van der Waals surface area contributed by atoms with Crippen LogP contribution in [0.3, 0.4) is 0 Å². The number of carbonyl (C=O) groups is 1. The standard InChI is InChI=1S/C18H27O4/c1-5-6-7-8-15-9-11-16(12-10-15)17(19)22-21-14-13-18(2,3)20-4/h9-12,14H,5-8,13H2,1-4H3. The minimum atomic E-state index is -0.494. The van der Waals surface area contributed by atoms with Crippen molar-refractivity contribution in [3.63, 3.8) is 0 Å². The topological polar surface area (TPSA) is 44.8 Å². The number of aryl methyl sites for hydroxylation is 1. The number of rotatable bonds is 10. The van der Waals surface area contributed by atoms with Crippen LogP contribution in [0.15, 0.2) is 24.3 Å². The number of hydrogen-bond donors (Lipinski definition) is 0. The molecule has 1 aromatic carbocycles. The Labute approximate surface area is 133 Å². The molecule has 1 radical (unpaired) electrons. The molecule has 123 valence electrons. The second-order valence-electron chi connectivity index (χ2n) is 5.96. The number of hydrogen-bond acceptors (Lipinski definition) is 4. The van der Waals surface area contributed by atoms with Crippen molar-refractivity contribution in [2.45, 2.75) is 58.5 Å². The third-order valence-corrected chi connectivity index (χ3v) is 3.58. The van der Waals surface area contributed by atoms with Gasteiger partial charge in [0.1, 0.15) is 6.61 Å². The van der Waals surface area contributed by atoms with Gasteiger partial charge in [0.05, 0.1) is 11.2 Å². The lowest BCUT2D eigenvalue weighted by molar-refractivity contribution is -0.218. The van der Waals surface area contributed by atoms with Crippen LogP contribution in [0.2, 0.25) is 0 Å². The minimum absolute atomic E-state index is 0.341. The predicted molar refractivity (Wildman–Crippen MR) is 86.2 cm³/mol. The van der Waals surface area contributed by atoms with Gasteiger partial charge in [-0.15, -0.1) is 0 Å². The van der Waals surface area contributed by atoms with Gasteiger partial charge < -0.3 is 4.74 Å². The average Bonchev–Trinajstić information content (AvgIpc) is 2.52. The molecule has 0 aliphatic heterocycles. The molecule has 0 aliphatic rings. The first-order chi connectivity index (χ1) is 10.5. The van der Waals surface area contributed by atoms with Gasteiger partial charge in [0.15, 0.2) is 0 Å². The zero-order valence-corrected chi connectivity index (χ0v) is 14.1. The fraction of sp³-hybridized carbons (Fsp3) is 0.556. The molecule has 4 heteroatoms. The number of carbonyl (C=O) groups excluding carboxylic acids is 1. The Morgan fingerprint density at radius 1 is 1.18 bits per heavy atom. The number of unbranched alkanes of at least 4 members (excludes halogenated alkanes) is 2. The Kier molecular flexibility index (Phi) is 8.13. The van der Waals surface area contributed by atoms with Crippen LogP contribution >= 0.6 is 0 Å². The van der Waals surface area contributed by atoms with Crippen LogP contribution in [0.4, 0.5) is 0 Å². The van der Waals surface area contributed by atoms with Crippen molar-refractivity contribution < 1.29 is 19.3 Å². The SMILES string of the molecule is CCCCCc1ccc(C(=O)OO[CH]CC(C)(C)OC)cc1. The zero-order chi connectivity index (χ0) is 16.4. The summed E-state index contributed by atoms with van der Waals surface area (Å²) in [5, 5.41) is 0. The average molecular weight is 307 g/mol. The molecule has 0 N–H and O–H groups in total.